The standard InChI is InChI=1S/C20H20N2S/c21-12-14-5-7-16(8-6-14)20-22-19(13-23-20)18-10-9-15-3-1-2-4-17(15)11-18/h5-11,13H,1-4,12,21H2. The second kappa shape index (κ2) is 6.26. The van der Waals surface area contributed by atoms with E-state index in [1.165, 1.54) is 42.4 Å². The molecule has 1 aromatic heterocycles. The summed E-state index contributed by atoms with van der Waals surface area (Å²) in [6.07, 6.45) is 5.07. The van der Waals surface area contributed by atoms with E-state index in [0.29, 0.717) is 6.54 Å². The largest absolute Gasteiger partial charge is 0.326 e. The van der Waals surface area contributed by atoms with Gasteiger partial charge in [0.15, 0.2) is 0 Å². The third kappa shape index (κ3) is 2.94. The van der Waals surface area contributed by atoms with Crippen molar-refractivity contribution in [2.45, 2.75) is 32.2 Å². The van der Waals surface area contributed by atoms with Gasteiger partial charge in [-0.25, -0.2) is 4.98 Å². The second-order valence-electron chi connectivity index (χ2n) is 6.13. The highest BCUT2D eigenvalue weighted by Crippen LogP contribution is 2.31. The summed E-state index contributed by atoms with van der Waals surface area (Å²) in [6, 6.07) is 15.2. The zero-order valence-electron chi connectivity index (χ0n) is 13.1. The van der Waals surface area contributed by atoms with Crippen molar-refractivity contribution in [3.63, 3.8) is 0 Å². The van der Waals surface area contributed by atoms with E-state index in [-0.39, 0.29) is 0 Å². The molecular weight excluding hydrogens is 300 g/mol. The van der Waals surface area contributed by atoms with Crippen molar-refractivity contribution in [1.29, 1.82) is 0 Å². The van der Waals surface area contributed by atoms with Crippen LogP contribution in [0.1, 0.15) is 29.5 Å². The van der Waals surface area contributed by atoms with Gasteiger partial charge in [0.25, 0.3) is 0 Å². The summed E-state index contributed by atoms with van der Waals surface area (Å²) in [7, 11) is 0. The minimum atomic E-state index is 0.582. The minimum Gasteiger partial charge on any atom is -0.326 e. The Morgan fingerprint density at radius 2 is 1.65 bits per heavy atom. The van der Waals surface area contributed by atoms with Gasteiger partial charge in [0.1, 0.15) is 5.01 Å². The molecule has 0 unspecified atom stereocenters. The molecule has 0 amide bonds. The highest BCUT2D eigenvalue weighted by Gasteiger charge is 2.12. The van der Waals surface area contributed by atoms with E-state index >= 15 is 0 Å². The van der Waals surface area contributed by atoms with Crippen LogP contribution in [0.2, 0.25) is 0 Å². The summed E-state index contributed by atoms with van der Waals surface area (Å²) in [5.41, 5.74) is 13.3. The molecule has 116 valence electrons. The average Bonchev–Trinajstić information content (AvgIpc) is 3.11. The van der Waals surface area contributed by atoms with E-state index in [2.05, 4.69) is 47.8 Å². The molecule has 4 rings (SSSR count). The molecule has 3 aromatic rings. The highest BCUT2D eigenvalue weighted by molar-refractivity contribution is 7.13. The summed E-state index contributed by atoms with van der Waals surface area (Å²) in [6.45, 7) is 0.582. The van der Waals surface area contributed by atoms with Gasteiger partial charge in [0, 0.05) is 23.1 Å². The highest BCUT2D eigenvalue weighted by atomic mass is 32.1. The van der Waals surface area contributed by atoms with Gasteiger partial charge in [-0.15, -0.1) is 11.3 Å². The van der Waals surface area contributed by atoms with E-state index < -0.39 is 0 Å². The van der Waals surface area contributed by atoms with Crippen LogP contribution in [0.3, 0.4) is 0 Å². The number of rotatable bonds is 3. The Labute approximate surface area is 141 Å². The third-order valence-corrected chi connectivity index (χ3v) is 5.48. The van der Waals surface area contributed by atoms with Crippen molar-refractivity contribution in [2.75, 3.05) is 0 Å². The van der Waals surface area contributed by atoms with Gasteiger partial charge in [0.05, 0.1) is 5.69 Å². The molecule has 2 N–H and O–H groups in total. The van der Waals surface area contributed by atoms with Crippen LogP contribution in [0.15, 0.2) is 47.8 Å². The van der Waals surface area contributed by atoms with E-state index in [1.807, 2.05) is 0 Å². The molecule has 3 heteroatoms. The first-order valence-electron chi connectivity index (χ1n) is 8.20. The zero-order valence-corrected chi connectivity index (χ0v) is 13.9. The number of aromatic nitrogens is 1. The molecule has 0 saturated heterocycles. The molecule has 0 atom stereocenters. The molecular formula is C20H20N2S. The lowest BCUT2D eigenvalue weighted by Gasteiger charge is -2.16. The molecule has 0 spiro atoms. The first-order valence-corrected chi connectivity index (χ1v) is 9.08. The number of aryl methyl sites for hydroxylation is 2. The molecule has 1 aliphatic rings. The normalized spacial score (nSPS) is 13.8. The van der Waals surface area contributed by atoms with Crippen molar-refractivity contribution < 1.29 is 0 Å². The van der Waals surface area contributed by atoms with Crippen molar-refractivity contribution in [3.05, 3.63) is 64.5 Å². The van der Waals surface area contributed by atoms with Crippen LogP contribution in [0, 0.1) is 0 Å². The van der Waals surface area contributed by atoms with Gasteiger partial charge >= 0.3 is 0 Å². The van der Waals surface area contributed by atoms with Gasteiger partial charge in [-0.3, -0.25) is 0 Å². The number of nitrogens with two attached hydrogens (primary N) is 1. The number of hydrogen-bond donors (Lipinski definition) is 1. The molecule has 2 aromatic carbocycles. The Balaban J connectivity index is 1.64. The fraction of sp³-hybridized carbons (Fsp3) is 0.250. The van der Waals surface area contributed by atoms with Gasteiger partial charge < -0.3 is 5.73 Å². The lowest BCUT2D eigenvalue weighted by atomic mass is 9.90. The van der Waals surface area contributed by atoms with Crippen LogP contribution in [-0.4, -0.2) is 4.98 Å². The summed E-state index contributed by atoms with van der Waals surface area (Å²) < 4.78 is 0. The fourth-order valence-corrected chi connectivity index (χ4v) is 4.05. The second-order valence-corrected chi connectivity index (χ2v) is 6.99. The number of benzene rings is 2. The number of fused-ring (bicyclic) bond motifs is 1. The van der Waals surface area contributed by atoms with Crippen LogP contribution in [0.25, 0.3) is 21.8 Å². The molecule has 23 heavy (non-hydrogen) atoms. The van der Waals surface area contributed by atoms with Crippen molar-refractivity contribution >= 4 is 11.3 Å². The van der Waals surface area contributed by atoms with Crippen LogP contribution in [0.4, 0.5) is 0 Å². The maximum Gasteiger partial charge on any atom is 0.124 e. The number of thiazole rings is 1. The maximum absolute atomic E-state index is 5.66. The molecule has 0 bridgehead atoms. The maximum atomic E-state index is 5.66. The average molecular weight is 320 g/mol. The first kappa shape index (κ1) is 14.6. The van der Waals surface area contributed by atoms with Crippen LogP contribution < -0.4 is 5.73 Å². The van der Waals surface area contributed by atoms with E-state index in [1.54, 1.807) is 11.3 Å². The molecule has 1 heterocycles. The lowest BCUT2D eigenvalue weighted by Crippen LogP contribution is -2.02. The SMILES string of the molecule is NCc1ccc(-c2nc(-c3ccc4c(c3)CCCC4)cs2)cc1. The van der Waals surface area contributed by atoms with Gasteiger partial charge in [-0.1, -0.05) is 36.4 Å². The van der Waals surface area contributed by atoms with Gasteiger partial charge in [0.2, 0.25) is 0 Å². The number of nitrogens with zero attached hydrogens (tertiary/aromatic N) is 1. The monoisotopic (exact) mass is 320 g/mol. The summed E-state index contributed by atoms with van der Waals surface area (Å²) >= 11 is 1.71. The topological polar surface area (TPSA) is 38.9 Å². The number of hydrogen-bond acceptors (Lipinski definition) is 3. The Bertz CT molecular complexity index is 818. The summed E-state index contributed by atoms with van der Waals surface area (Å²) in [5, 5.41) is 3.23. The molecule has 0 saturated carbocycles. The fourth-order valence-electron chi connectivity index (χ4n) is 3.22. The predicted octanol–water partition coefficient (Wildman–Crippen LogP) is 4.81. The molecule has 2 nitrogen and oxygen atoms in total. The minimum absolute atomic E-state index is 0.582. The molecule has 0 radical (unpaired) electrons. The van der Waals surface area contributed by atoms with E-state index in [9.17, 15) is 0 Å². The molecule has 1 aliphatic carbocycles. The van der Waals surface area contributed by atoms with Crippen molar-refractivity contribution in [2.24, 2.45) is 5.73 Å². The smallest absolute Gasteiger partial charge is 0.124 e. The van der Waals surface area contributed by atoms with Crippen LogP contribution in [-0.2, 0) is 19.4 Å². The van der Waals surface area contributed by atoms with E-state index in [0.717, 1.165) is 21.8 Å². The zero-order chi connectivity index (χ0) is 15.6. The van der Waals surface area contributed by atoms with Gasteiger partial charge in [-0.2, -0.15) is 0 Å². The lowest BCUT2D eigenvalue weighted by molar-refractivity contribution is 0.686. The molecule has 0 aliphatic heterocycles. The van der Waals surface area contributed by atoms with Crippen LogP contribution >= 0.6 is 11.3 Å². The molecule has 0 fully saturated rings. The Morgan fingerprint density at radius 3 is 2.43 bits per heavy atom. The summed E-state index contributed by atoms with van der Waals surface area (Å²) in [4.78, 5) is 4.84. The predicted molar refractivity (Wildman–Crippen MR) is 97.5 cm³/mol. The Hall–Kier alpha value is -1.97. The Kier molecular flexibility index (Phi) is 3.98. The van der Waals surface area contributed by atoms with Crippen molar-refractivity contribution in [3.8, 4) is 21.8 Å². The van der Waals surface area contributed by atoms with Gasteiger partial charge in [-0.05, 0) is 48.4 Å². The third-order valence-electron chi connectivity index (χ3n) is 4.59. The first-order chi connectivity index (χ1) is 11.3. The Morgan fingerprint density at radius 1 is 0.913 bits per heavy atom. The van der Waals surface area contributed by atoms with E-state index in [4.69, 9.17) is 10.7 Å². The van der Waals surface area contributed by atoms with Crippen LogP contribution in [0.5, 0.6) is 0 Å². The summed E-state index contributed by atoms with van der Waals surface area (Å²) in [5.74, 6) is 0. The quantitative estimate of drug-likeness (QED) is 0.752. The van der Waals surface area contributed by atoms with Crippen molar-refractivity contribution in [1.82, 2.24) is 4.98 Å².